The van der Waals surface area contributed by atoms with Gasteiger partial charge in [0.15, 0.2) is 0 Å². The minimum absolute atomic E-state index is 0.554. The van der Waals surface area contributed by atoms with Crippen molar-refractivity contribution < 1.29 is 9.15 Å². The van der Waals surface area contributed by atoms with Crippen LogP contribution in [0.3, 0.4) is 0 Å². The third-order valence-corrected chi connectivity index (χ3v) is 2.03. The fraction of sp³-hybridized carbons (Fsp3) is 0.182. The number of aryl methyl sites for hydroxylation is 1. The van der Waals surface area contributed by atoms with Gasteiger partial charge in [-0.3, -0.25) is 0 Å². The summed E-state index contributed by atoms with van der Waals surface area (Å²) in [5, 5.41) is 0. The van der Waals surface area contributed by atoms with Crippen LogP contribution in [0.5, 0.6) is 5.75 Å². The molecule has 0 bridgehead atoms. The van der Waals surface area contributed by atoms with Crippen molar-refractivity contribution in [2.24, 2.45) is 0 Å². The number of rotatable bonds is 2. The second kappa shape index (κ2) is 3.65. The van der Waals surface area contributed by atoms with Gasteiger partial charge in [-0.05, 0) is 19.1 Å². The van der Waals surface area contributed by atoms with Gasteiger partial charge in [-0.25, -0.2) is 4.98 Å². The van der Waals surface area contributed by atoms with Gasteiger partial charge in [-0.2, -0.15) is 0 Å². The first-order chi connectivity index (χ1) is 7.19. The molecule has 4 heteroatoms. The molecular formula is C11H12N2O2. The summed E-state index contributed by atoms with van der Waals surface area (Å²) in [6, 6.07) is 5.38. The molecule has 0 saturated carbocycles. The van der Waals surface area contributed by atoms with E-state index in [1.165, 1.54) is 0 Å². The maximum absolute atomic E-state index is 5.73. The standard InChI is InChI=1S/C11H12N2O2/c1-7-6-15-11(13-7)8-3-9(12)5-10(4-8)14-2/h3-6H,12H2,1-2H3. The molecule has 1 aromatic heterocycles. The van der Waals surface area contributed by atoms with Crippen LogP contribution in [-0.2, 0) is 0 Å². The third-order valence-electron chi connectivity index (χ3n) is 2.03. The van der Waals surface area contributed by atoms with Crippen molar-refractivity contribution in [3.05, 3.63) is 30.2 Å². The zero-order valence-electron chi connectivity index (χ0n) is 8.65. The van der Waals surface area contributed by atoms with Crippen molar-refractivity contribution in [1.82, 2.24) is 4.98 Å². The Bertz CT molecular complexity index is 477. The first-order valence-corrected chi connectivity index (χ1v) is 4.56. The van der Waals surface area contributed by atoms with Crippen LogP contribution in [0.4, 0.5) is 5.69 Å². The highest BCUT2D eigenvalue weighted by molar-refractivity contribution is 5.63. The van der Waals surface area contributed by atoms with E-state index in [1.54, 1.807) is 25.5 Å². The summed E-state index contributed by atoms with van der Waals surface area (Å²) in [5.74, 6) is 1.25. The largest absolute Gasteiger partial charge is 0.497 e. The van der Waals surface area contributed by atoms with E-state index in [0.29, 0.717) is 17.3 Å². The molecule has 0 aliphatic carbocycles. The number of aromatic nitrogens is 1. The predicted molar refractivity (Wildman–Crippen MR) is 57.6 cm³/mol. The van der Waals surface area contributed by atoms with Gasteiger partial charge in [0, 0.05) is 17.3 Å². The van der Waals surface area contributed by atoms with Crippen molar-refractivity contribution in [3.8, 4) is 17.2 Å². The molecule has 0 fully saturated rings. The van der Waals surface area contributed by atoms with Crippen molar-refractivity contribution in [2.45, 2.75) is 6.92 Å². The Morgan fingerprint density at radius 2 is 2.13 bits per heavy atom. The van der Waals surface area contributed by atoms with E-state index in [9.17, 15) is 0 Å². The minimum Gasteiger partial charge on any atom is -0.497 e. The fourth-order valence-corrected chi connectivity index (χ4v) is 1.35. The minimum atomic E-state index is 0.554. The first kappa shape index (κ1) is 9.58. The van der Waals surface area contributed by atoms with E-state index in [4.69, 9.17) is 14.9 Å². The van der Waals surface area contributed by atoms with Crippen molar-refractivity contribution in [3.63, 3.8) is 0 Å². The summed E-state index contributed by atoms with van der Waals surface area (Å²) in [4.78, 5) is 4.22. The molecule has 0 aliphatic rings. The molecule has 0 amide bonds. The fourth-order valence-electron chi connectivity index (χ4n) is 1.35. The summed E-state index contributed by atoms with van der Waals surface area (Å²) < 4.78 is 10.4. The molecule has 15 heavy (non-hydrogen) atoms. The second-order valence-electron chi connectivity index (χ2n) is 3.29. The highest BCUT2D eigenvalue weighted by atomic mass is 16.5. The number of hydrogen-bond donors (Lipinski definition) is 1. The van der Waals surface area contributed by atoms with Crippen LogP contribution in [0.1, 0.15) is 5.69 Å². The number of hydrogen-bond acceptors (Lipinski definition) is 4. The van der Waals surface area contributed by atoms with E-state index >= 15 is 0 Å². The Morgan fingerprint density at radius 1 is 1.33 bits per heavy atom. The Morgan fingerprint density at radius 3 is 2.73 bits per heavy atom. The summed E-state index contributed by atoms with van der Waals surface area (Å²) in [5.41, 5.74) is 8.01. The van der Waals surface area contributed by atoms with Crippen LogP contribution in [0.25, 0.3) is 11.5 Å². The van der Waals surface area contributed by atoms with Crippen molar-refractivity contribution in [2.75, 3.05) is 12.8 Å². The normalized spacial score (nSPS) is 10.3. The molecule has 0 aliphatic heterocycles. The monoisotopic (exact) mass is 204 g/mol. The zero-order chi connectivity index (χ0) is 10.8. The predicted octanol–water partition coefficient (Wildman–Crippen LogP) is 2.24. The van der Waals surface area contributed by atoms with E-state index in [-0.39, 0.29) is 0 Å². The molecule has 0 spiro atoms. The molecule has 0 atom stereocenters. The van der Waals surface area contributed by atoms with E-state index < -0.39 is 0 Å². The van der Waals surface area contributed by atoms with Gasteiger partial charge >= 0.3 is 0 Å². The summed E-state index contributed by atoms with van der Waals surface area (Å²) in [6.45, 7) is 1.87. The molecule has 2 N–H and O–H groups in total. The van der Waals surface area contributed by atoms with Gasteiger partial charge in [0.25, 0.3) is 0 Å². The van der Waals surface area contributed by atoms with E-state index in [2.05, 4.69) is 4.98 Å². The lowest BCUT2D eigenvalue weighted by Crippen LogP contribution is -1.90. The van der Waals surface area contributed by atoms with E-state index in [1.807, 2.05) is 13.0 Å². The number of nitrogen functional groups attached to an aromatic ring is 1. The van der Waals surface area contributed by atoms with Gasteiger partial charge in [0.05, 0.1) is 12.8 Å². The summed E-state index contributed by atoms with van der Waals surface area (Å²) in [7, 11) is 1.60. The summed E-state index contributed by atoms with van der Waals surface area (Å²) >= 11 is 0. The molecule has 4 nitrogen and oxygen atoms in total. The van der Waals surface area contributed by atoms with Crippen LogP contribution in [0, 0.1) is 6.92 Å². The van der Waals surface area contributed by atoms with Crippen molar-refractivity contribution >= 4 is 5.69 Å². The van der Waals surface area contributed by atoms with Gasteiger partial charge in [0.2, 0.25) is 5.89 Å². The topological polar surface area (TPSA) is 61.3 Å². The van der Waals surface area contributed by atoms with Gasteiger partial charge in [-0.15, -0.1) is 0 Å². The number of benzene rings is 1. The number of nitrogens with zero attached hydrogens (tertiary/aromatic N) is 1. The quantitative estimate of drug-likeness (QED) is 0.762. The molecule has 78 valence electrons. The molecule has 0 unspecified atom stereocenters. The average molecular weight is 204 g/mol. The zero-order valence-corrected chi connectivity index (χ0v) is 8.65. The highest BCUT2D eigenvalue weighted by Gasteiger charge is 2.07. The molecule has 2 aromatic rings. The molecule has 1 aromatic carbocycles. The van der Waals surface area contributed by atoms with Gasteiger partial charge < -0.3 is 14.9 Å². The Balaban J connectivity index is 2.48. The SMILES string of the molecule is COc1cc(N)cc(-c2nc(C)co2)c1. The molecular weight excluding hydrogens is 192 g/mol. The number of ether oxygens (including phenoxy) is 1. The van der Waals surface area contributed by atoms with Crippen LogP contribution in [-0.4, -0.2) is 12.1 Å². The lowest BCUT2D eigenvalue weighted by atomic mass is 10.2. The van der Waals surface area contributed by atoms with Gasteiger partial charge in [0.1, 0.15) is 12.0 Å². The van der Waals surface area contributed by atoms with Crippen LogP contribution in [0.2, 0.25) is 0 Å². The smallest absolute Gasteiger partial charge is 0.226 e. The number of nitrogens with two attached hydrogens (primary N) is 1. The lowest BCUT2D eigenvalue weighted by molar-refractivity contribution is 0.415. The summed E-state index contributed by atoms with van der Waals surface area (Å²) in [6.07, 6.45) is 1.60. The Kier molecular flexibility index (Phi) is 2.33. The average Bonchev–Trinajstić information content (AvgIpc) is 2.64. The molecule has 0 saturated heterocycles. The molecule has 1 heterocycles. The molecule has 0 radical (unpaired) electrons. The van der Waals surface area contributed by atoms with E-state index in [0.717, 1.165) is 11.3 Å². The third kappa shape index (κ3) is 1.93. The second-order valence-corrected chi connectivity index (χ2v) is 3.29. The Hall–Kier alpha value is -1.97. The number of anilines is 1. The highest BCUT2D eigenvalue weighted by Crippen LogP contribution is 2.26. The number of methoxy groups -OCH3 is 1. The maximum atomic E-state index is 5.73. The Labute approximate surface area is 87.7 Å². The first-order valence-electron chi connectivity index (χ1n) is 4.56. The van der Waals surface area contributed by atoms with Crippen LogP contribution in [0.15, 0.2) is 28.9 Å². The van der Waals surface area contributed by atoms with Crippen molar-refractivity contribution in [1.29, 1.82) is 0 Å². The van der Waals surface area contributed by atoms with Crippen LogP contribution < -0.4 is 10.5 Å². The number of oxazole rings is 1. The van der Waals surface area contributed by atoms with Gasteiger partial charge in [-0.1, -0.05) is 0 Å². The lowest BCUT2D eigenvalue weighted by Gasteiger charge is -2.03. The molecule has 2 rings (SSSR count). The maximum Gasteiger partial charge on any atom is 0.226 e. The van der Waals surface area contributed by atoms with Crippen LogP contribution >= 0.6 is 0 Å².